The largest absolute Gasteiger partial charge is 0.478 e. The molecule has 1 amide bonds. The highest BCUT2D eigenvalue weighted by atomic mass is 35.5. The average Bonchev–Trinajstić information content (AvgIpc) is 2.26. The molecule has 0 radical (unpaired) electrons. The molecule has 0 bridgehead atoms. The molecule has 0 aliphatic rings. The molecule has 0 spiro atoms. The molecule has 0 fully saturated rings. The molecule has 19 heavy (non-hydrogen) atoms. The lowest BCUT2D eigenvalue weighted by Crippen LogP contribution is -2.37. The average molecular weight is 286 g/mol. The van der Waals surface area contributed by atoms with Crippen molar-refractivity contribution >= 4 is 34.9 Å². The number of hydrogen-bond donors (Lipinski definition) is 4. The summed E-state index contributed by atoms with van der Waals surface area (Å²) in [6.07, 6.45) is 0. The van der Waals surface area contributed by atoms with E-state index in [0.717, 1.165) is 0 Å². The molecule has 0 unspecified atom stereocenters. The number of halogens is 1. The van der Waals surface area contributed by atoms with Gasteiger partial charge in [0.2, 0.25) is 5.91 Å². The molecule has 0 aliphatic carbocycles. The zero-order valence-corrected chi connectivity index (χ0v) is 11.4. The fraction of sp³-hybridized carbons (Fsp3) is 0.333. The smallest absolute Gasteiger partial charge is 0.337 e. The zero-order valence-electron chi connectivity index (χ0n) is 10.7. The molecule has 104 valence electrons. The second-order valence-corrected chi connectivity index (χ2v) is 5.24. The summed E-state index contributed by atoms with van der Waals surface area (Å²) in [6, 6.07) is 2.74. The van der Waals surface area contributed by atoms with Crippen LogP contribution in [0.3, 0.4) is 0 Å². The van der Waals surface area contributed by atoms with Crippen LogP contribution < -0.4 is 16.8 Å². The number of rotatable bonds is 5. The Balaban J connectivity index is 3.08. The maximum absolute atomic E-state index is 11.2. The van der Waals surface area contributed by atoms with Crippen LogP contribution in [0.4, 0.5) is 11.4 Å². The lowest BCUT2D eigenvalue weighted by molar-refractivity contribution is -0.125. The summed E-state index contributed by atoms with van der Waals surface area (Å²) >= 11 is 5.97. The standard InChI is InChI=1S/C12H16ClN3O3/c1-12(2,11(15)19)5-16-9-7(10(17)18)3-6(14)4-8(9)13/h3-4,16H,5,14H2,1-2H3,(H2,15,19)(H,17,18). The van der Waals surface area contributed by atoms with Gasteiger partial charge in [0.05, 0.1) is 21.7 Å². The van der Waals surface area contributed by atoms with Gasteiger partial charge in [-0.25, -0.2) is 4.79 Å². The Morgan fingerprint density at radius 2 is 2.00 bits per heavy atom. The summed E-state index contributed by atoms with van der Waals surface area (Å²) in [4.78, 5) is 22.4. The summed E-state index contributed by atoms with van der Waals surface area (Å²) in [5.74, 6) is -1.66. The molecule has 1 aromatic rings. The lowest BCUT2D eigenvalue weighted by atomic mass is 9.92. The highest BCUT2D eigenvalue weighted by Gasteiger charge is 2.26. The van der Waals surface area contributed by atoms with Gasteiger partial charge in [-0.2, -0.15) is 0 Å². The van der Waals surface area contributed by atoms with Crippen molar-refractivity contribution in [2.75, 3.05) is 17.6 Å². The predicted molar refractivity (Wildman–Crippen MR) is 74.3 cm³/mol. The van der Waals surface area contributed by atoms with E-state index in [9.17, 15) is 9.59 Å². The fourth-order valence-electron chi connectivity index (χ4n) is 1.37. The minimum Gasteiger partial charge on any atom is -0.478 e. The van der Waals surface area contributed by atoms with Crippen molar-refractivity contribution in [2.24, 2.45) is 11.1 Å². The number of hydrogen-bond acceptors (Lipinski definition) is 4. The number of nitrogens with two attached hydrogens (primary N) is 2. The second kappa shape index (κ2) is 5.36. The van der Waals surface area contributed by atoms with E-state index in [1.807, 2.05) is 0 Å². The third-order valence-electron chi connectivity index (χ3n) is 2.72. The molecule has 0 atom stereocenters. The molecule has 0 aromatic heterocycles. The molecule has 0 aliphatic heterocycles. The van der Waals surface area contributed by atoms with Gasteiger partial charge >= 0.3 is 5.97 Å². The van der Waals surface area contributed by atoms with E-state index >= 15 is 0 Å². The zero-order chi connectivity index (χ0) is 14.8. The molecular formula is C12H16ClN3O3. The normalized spacial score (nSPS) is 11.1. The fourth-order valence-corrected chi connectivity index (χ4v) is 1.67. The molecule has 6 N–H and O–H groups in total. The van der Waals surface area contributed by atoms with Crippen molar-refractivity contribution in [3.05, 3.63) is 22.7 Å². The Morgan fingerprint density at radius 1 is 1.42 bits per heavy atom. The van der Waals surface area contributed by atoms with Gasteiger partial charge in [-0.3, -0.25) is 4.79 Å². The predicted octanol–water partition coefficient (Wildman–Crippen LogP) is 1.54. The van der Waals surface area contributed by atoms with Crippen LogP contribution in [0.5, 0.6) is 0 Å². The van der Waals surface area contributed by atoms with Crippen LogP contribution in [-0.4, -0.2) is 23.5 Å². The third-order valence-corrected chi connectivity index (χ3v) is 3.02. The van der Waals surface area contributed by atoms with E-state index in [-0.39, 0.29) is 28.5 Å². The molecule has 0 saturated heterocycles. The Morgan fingerprint density at radius 3 is 2.47 bits per heavy atom. The van der Waals surface area contributed by atoms with Crippen LogP contribution in [-0.2, 0) is 4.79 Å². The van der Waals surface area contributed by atoms with Crippen LogP contribution in [0.15, 0.2) is 12.1 Å². The molecule has 1 rings (SSSR count). The Hall–Kier alpha value is -1.95. The number of aromatic carboxylic acids is 1. The number of amides is 1. The second-order valence-electron chi connectivity index (χ2n) is 4.83. The van der Waals surface area contributed by atoms with E-state index in [1.165, 1.54) is 12.1 Å². The number of carboxylic acids is 1. The number of primary amides is 1. The van der Waals surface area contributed by atoms with Crippen LogP contribution in [0.1, 0.15) is 24.2 Å². The van der Waals surface area contributed by atoms with Crippen LogP contribution in [0.2, 0.25) is 5.02 Å². The summed E-state index contributed by atoms with van der Waals surface area (Å²) in [5.41, 5.74) is 10.4. The van der Waals surface area contributed by atoms with Gasteiger partial charge in [-0.1, -0.05) is 11.6 Å². The number of nitrogens with one attached hydrogen (secondary N) is 1. The van der Waals surface area contributed by atoms with Gasteiger partial charge in [0, 0.05) is 12.2 Å². The van der Waals surface area contributed by atoms with Gasteiger partial charge in [-0.05, 0) is 26.0 Å². The monoisotopic (exact) mass is 285 g/mol. The van der Waals surface area contributed by atoms with Crippen molar-refractivity contribution in [1.29, 1.82) is 0 Å². The molecule has 6 nitrogen and oxygen atoms in total. The van der Waals surface area contributed by atoms with E-state index < -0.39 is 17.3 Å². The summed E-state index contributed by atoms with van der Waals surface area (Å²) in [7, 11) is 0. The lowest BCUT2D eigenvalue weighted by Gasteiger charge is -2.22. The van der Waals surface area contributed by atoms with E-state index in [0.29, 0.717) is 0 Å². The van der Waals surface area contributed by atoms with Gasteiger partial charge in [-0.15, -0.1) is 0 Å². The maximum atomic E-state index is 11.2. The first kappa shape index (κ1) is 15.1. The van der Waals surface area contributed by atoms with Crippen molar-refractivity contribution < 1.29 is 14.7 Å². The number of carbonyl (C=O) groups is 2. The topological polar surface area (TPSA) is 118 Å². The van der Waals surface area contributed by atoms with Gasteiger partial charge < -0.3 is 21.9 Å². The minimum absolute atomic E-state index is 0.0507. The molecule has 1 aromatic carbocycles. The Labute approximate surface area is 115 Å². The maximum Gasteiger partial charge on any atom is 0.337 e. The summed E-state index contributed by atoms with van der Waals surface area (Å²) in [5, 5.41) is 12.1. The van der Waals surface area contributed by atoms with Crippen molar-refractivity contribution in [2.45, 2.75) is 13.8 Å². The van der Waals surface area contributed by atoms with Gasteiger partial charge in [0.25, 0.3) is 0 Å². The molecule has 0 heterocycles. The van der Waals surface area contributed by atoms with E-state index in [1.54, 1.807) is 13.8 Å². The van der Waals surface area contributed by atoms with E-state index in [2.05, 4.69) is 5.32 Å². The Kier molecular flexibility index (Phi) is 4.26. The number of carboxylic acid groups (broad SMARTS) is 1. The van der Waals surface area contributed by atoms with Crippen LogP contribution in [0.25, 0.3) is 0 Å². The first-order valence-electron chi connectivity index (χ1n) is 5.51. The number of anilines is 2. The highest BCUT2D eigenvalue weighted by molar-refractivity contribution is 6.34. The Bertz CT molecular complexity index is 529. The van der Waals surface area contributed by atoms with Crippen LogP contribution >= 0.6 is 11.6 Å². The number of nitrogen functional groups attached to an aromatic ring is 1. The quantitative estimate of drug-likeness (QED) is 0.612. The van der Waals surface area contributed by atoms with E-state index in [4.69, 9.17) is 28.2 Å². The van der Waals surface area contributed by atoms with Crippen molar-refractivity contribution in [1.82, 2.24) is 0 Å². The highest BCUT2D eigenvalue weighted by Crippen LogP contribution is 2.30. The van der Waals surface area contributed by atoms with Gasteiger partial charge in [0.15, 0.2) is 0 Å². The van der Waals surface area contributed by atoms with Crippen LogP contribution in [0, 0.1) is 5.41 Å². The van der Waals surface area contributed by atoms with Crippen molar-refractivity contribution in [3.63, 3.8) is 0 Å². The first-order valence-corrected chi connectivity index (χ1v) is 5.89. The first-order chi connectivity index (χ1) is 8.65. The number of benzene rings is 1. The molecular weight excluding hydrogens is 270 g/mol. The number of carbonyl (C=O) groups excluding carboxylic acids is 1. The SMILES string of the molecule is CC(C)(CNc1c(Cl)cc(N)cc1C(=O)O)C(N)=O. The molecule has 0 saturated carbocycles. The summed E-state index contributed by atoms with van der Waals surface area (Å²) in [6.45, 7) is 3.45. The van der Waals surface area contributed by atoms with Gasteiger partial charge in [0.1, 0.15) is 0 Å². The van der Waals surface area contributed by atoms with Crippen molar-refractivity contribution in [3.8, 4) is 0 Å². The third kappa shape index (κ3) is 3.51. The minimum atomic E-state index is -1.16. The summed E-state index contributed by atoms with van der Waals surface area (Å²) < 4.78 is 0. The molecule has 7 heteroatoms.